The van der Waals surface area contributed by atoms with Gasteiger partial charge in [0.05, 0.1) is 27.3 Å². The summed E-state index contributed by atoms with van der Waals surface area (Å²) in [6.07, 6.45) is 4.06. The third-order valence-corrected chi connectivity index (χ3v) is 6.38. The number of aromatic nitrogens is 2. The summed E-state index contributed by atoms with van der Waals surface area (Å²) in [5.41, 5.74) is 7.08. The van der Waals surface area contributed by atoms with Gasteiger partial charge in [-0.2, -0.15) is 0 Å². The summed E-state index contributed by atoms with van der Waals surface area (Å²) in [6.45, 7) is 2.04. The molecule has 1 spiro atoms. The van der Waals surface area contributed by atoms with Gasteiger partial charge < -0.3 is 9.47 Å². The molecular weight excluding hydrogens is 318 g/mol. The van der Waals surface area contributed by atoms with E-state index in [1.54, 1.807) is 11.3 Å². The van der Waals surface area contributed by atoms with E-state index < -0.39 is 0 Å². The second-order valence-corrected chi connectivity index (χ2v) is 7.51. The fourth-order valence-corrected chi connectivity index (χ4v) is 4.68. The molecule has 0 N–H and O–H groups in total. The maximum atomic E-state index is 12.9. The number of hydrogen-bond acceptors (Lipinski definition) is 3. The van der Waals surface area contributed by atoms with Crippen molar-refractivity contribution in [2.45, 2.75) is 25.3 Å². The third-order valence-electron chi connectivity index (χ3n) is 5.40. The zero-order chi connectivity index (χ0) is 16.5. The number of carbonyl (C=O) groups is 1. The molecule has 5 heteroatoms. The highest BCUT2D eigenvalue weighted by molar-refractivity contribution is 7.13. The largest absolute Gasteiger partial charge is 0.331 e. The van der Waals surface area contributed by atoms with Gasteiger partial charge in [0.2, 0.25) is 0 Å². The van der Waals surface area contributed by atoms with Crippen molar-refractivity contribution in [3.63, 3.8) is 0 Å². The summed E-state index contributed by atoms with van der Waals surface area (Å²) in [5.74, 6) is 0.101. The van der Waals surface area contributed by atoms with Crippen molar-refractivity contribution in [2.24, 2.45) is 0 Å². The van der Waals surface area contributed by atoms with Gasteiger partial charge in [0.15, 0.2) is 0 Å². The van der Waals surface area contributed by atoms with E-state index >= 15 is 0 Å². The predicted octanol–water partition coefficient (Wildman–Crippen LogP) is 3.98. The van der Waals surface area contributed by atoms with E-state index in [0.29, 0.717) is 0 Å². The molecule has 1 saturated carbocycles. The van der Waals surface area contributed by atoms with Crippen LogP contribution < -0.4 is 0 Å². The molecule has 24 heavy (non-hydrogen) atoms. The summed E-state index contributed by atoms with van der Waals surface area (Å²) in [4.78, 5) is 20.4. The Balaban J connectivity index is 1.80. The van der Waals surface area contributed by atoms with E-state index in [1.807, 2.05) is 47.3 Å². The molecule has 2 aliphatic rings. The quantitative estimate of drug-likeness (QED) is 0.674. The minimum Gasteiger partial charge on any atom is -0.331 e. The van der Waals surface area contributed by atoms with Crippen molar-refractivity contribution in [3.05, 3.63) is 59.0 Å². The number of thiazole rings is 1. The van der Waals surface area contributed by atoms with Crippen molar-refractivity contribution in [3.8, 4) is 16.1 Å². The molecule has 5 rings (SSSR count). The van der Waals surface area contributed by atoms with Gasteiger partial charge in [0.25, 0.3) is 5.91 Å². The van der Waals surface area contributed by atoms with Crippen LogP contribution in [0, 0.1) is 6.92 Å². The Hall–Kier alpha value is -2.40. The molecule has 0 saturated heterocycles. The minimum absolute atomic E-state index is 0.101. The van der Waals surface area contributed by atoms with E-state index in [4.69, 9.17) is 0 Å². The molecule has 4 nitrogen and oxygen atoms in total. The van der Waals surface area contributed by atoms with E-state index in [1.165, 1.54) is 16.0 Å². The molecule has 0 atom stereocenters. The van der Waals surface area contributed by atoms with Crippen LogP contribution in [0.2, 0.25) is 0 Å². The van der Waals surface area contributed by atoms with Crippen molar-refractivity contribution >= 4 is 17.2 Å². The first-order valence-corrected chi connectivity index (χ1v) is 9.01. The molecule has 3 aromatic rings. The summed E-state index contributed by atoms with van der Waals surface area (Å²) < 4.78 is 2.04. The number of fused-ring (bicyclic) bond motifs is 4. The van der Waals surface area contributed by atoms with Gasteiger partial charge in [-0.05, 0) is 43.5 Å². The molecule has 0 radical (unpaired) electrons. The molecule has 1 fully saturated rings. The zero-order valence-corrected chi connectivity index (χ0v) is 14.4. The lowest BCUT2D eigenvalue weighted by Gasteiger charge is -2.27. The lowest BCUT2D eigenvalue weighted by molar-refractivity contribution is 0.0705. The van der Waals surface area contributed by atoms with Crippen LogP contribution in [0.5, 0.6) is 0 Å². The summed E-state index contributed by atoms with van der Waals surface area (Å²) >= 11 is 1.66. The topological polar surface area (TPSA) is 38.1 Å². The minimum atomic E-state index is -0.132. The van der Waals surface area contributed by atoms with Crippen LogP contribution in [-0.4, -0.2) is 27.4 Å². The Kier molecular flexibility index (Phi) is 2.66. The molecule has 1 aliphatic heterocycles. The molecular formula is C19H17N3OS. The maximum absolute atomic E-state index is 12.9. The van der Waals surface area contributed by atoms with Crippen LogP contribution in [0.4, 0.5) is 0 Å². The van der Waals surface area contributed by atoms with Crippen molar-refractivity contribution < 1.29 is 4.79 Å². The summed E-state index contributed by atoms with van der Waals surface area (Å²) in [7, 11) is 1.93. The smallest absolute Gasteiger partial charge is 0.271 e. The molecule has 2 aromatic heterocycles. The number of nitrogens with zero attached hydrogens (tertiary/aromatic N) is 3. The SMILES string of the molecule is Cc1ncsc1-c1ccc2c(c1)-n1cccc1C(=O)N(C)C21CC1. The average Bonchev–Trinajstić information content (AvgIpc) is 3.06. The monoisotopic (exact) mass is 335 g/mol. The van der Waals surface area contributed by atoms with Gasteiger partial charge in [-0.1, -0.05) is 12.1 Å². The Morgan fingerprint density at radius 3 is 2.79 bits per heavy atom. The highest BCUT2D eigenvalue weighted by atomic mass is 32.1. The van der Waals surface area contributed by atoms with Crippen LogP contribution in [0.1, 0.15) is 34.6 Å². The Morgan fingerprint density at radius 2 is 2.08 bits per heavy atom. The van der Waals surface area contributed by atoms with Crippen LogP contribution >= 0.6 is 11.3 Å². The fourth-order valence-electron chi connectivity index (χ4n) is 3.88. The fraction of sp³-hybridized carbons (Fsp3) is 0.263. The third kappa shape index (κ3) is 1.68. The number of aryl methyl sites for hydroxylation is 1. The van der Waals surface area contributed by atoms with E-state index in [2.05, 4.69) is 23.2 Å². The van der Waals surface area contributed by atoms with Gasteiger partial charge in [0, 0.05) is 18.8 Å². The maximum Gasteiger partial charge on any atom is 0.271 e. The lowest BCUT2D eigenvalue weighted by Crippen LogP contribution is -2.36. The van der Waals surface area contributed by atoms with Crippen LogP contribution in [0.15, 0.2) is 42.0 Å². The number of hydrogen-bond donors (Lipinski definition) is 0. The first-order valence-electron chi connectivity index (χ1n) is 8.13. The molecule has 1 aromatic carbocycles. The van der Waals surface area contributed by atoms with Gasteiger partial charge >= 0.3 is 0 Å². The first-order chi connectivity index (χ1) is 11.6. The van der Waals surface area contributed by atoms with Crippen LogP contribution in [0.3, 0.4) is 0 Å². The molecule has 0 unspecified atom stereocenters. The highest BCUT2D eigenvalue weighted by Crippen LogP contribution is 2.54. The molecule has 120 valence electrons. The van der Waals surface area contributed by atoms with Crippen molar-refractivity contribution in [1.82, 2.24) is 14.5 Å². The Morgan fingerprint density at radius 1 is 1.25 bits per heavy atom. The lowest BCUT2D eigenvalue weighted by atomic mass is 9.98. The summed E-state index contributed by atoms with van der Waals surface area (Å²) in [5, 5.41) is 0. The van der Waals surface area contributed by atoms with Gasteiger partial charge in [-0.25, -0.2) is 4.98 Å². The number of carbonyl (C=O) groups excluding carboxylic acids is 1. The predicted molar refractivity (Wildman–Crippen MR) is 94.6 cm³/mol. The van der Waals surface area contributed by atoms with Gasteiger partial charge in [0.1, 0.15) is 5.69 Å². The number of benzene rings is 1. The Labute approximate surface area is 144 Å². The van der Waals surface area contributed by atoms with Crippen molar-refractivity contribution in [1.29, 1.82) is 0 Å². The van der Waals surface area contributed by atoms with E-state index in [-0.39, 0.29) is 11.4 Å². The van der Waals surface area contributed by atoms with E-state index in [9.17, 15) is 4.79 Å². The first kappa shape index (κ1) is 14.0. The normalized spacial score (nSPS) is 17.6. The van der Waals surface area contributed by atoms with Gasteiger partial charge in [-0.15, -0.1) is 11.3 Å². The van der Waals surface area contributed by atoms with Gasteiger partial charge in [-0.3, -0.25) is 4.79 Å². The zero-order valence-electron chi connectivity index (χ0n) is 13.6. The van der Waals surface area contributed by atoms with Crippen LogP contribution in [0.25, 0.3) is 16.1 Å². The standard InChI is InChI=1S/C19H17N3OS/c1-12-17(24-11-20-12)13-5-6-14-16(10-13)22-9-3-4-15(22)18(23)21(2)19(14)7-8-19/h3-6,9-11H,7-8H2,1-2H3. The second-order valence-electron chi connectivity index (χ2n) is 6.66. The number of rotatable bonds is 1. The molecule has 1 amide bonds. The molecule has 0 bridgehead atoms. The molecule has 3 heterocycles. The number of amides is 1. The highest BCUT2D eigenvalue weighted by Gasteiger charge is 2.53. The van der Waals surface area contributed by atoms with Crippen LogP contribution in [-0.2, 0) is 5.54 Å². The van der Waals surface area contributed by atoms with E-state index in [0.717, 1.165) is 29.9 Å². The summed E-state index contributed by atoms with van der Waals surface area (Å²) in [6, 6.07) is 10.4. The Bertz CT molecular complexity index is 980. The average molecular weight is 335 g/mol. The van der Waals surface area contributed by atoms with Crippen molar-refractivity contribution in [2.75, 3.05) is 7.05 Å². The molecule has 1 aliphatic carbocycles. The second kappa shape index (κ2) is 4.57.